The zero-order valence-electron chi connectivity index (χ0n) is 11.3. The van der Waals surface area contributed by atoms with Gasteiger partial charge in [0.15, 0.2) is 4.96 Å². The minimum Gasteiger partial charge on any atom is -0.480 e. The molecule has 0 aliphatic heterocycles. The highest BCUT2D eigenvalue weighted by molar-refractivity contribution is 7.15. The maximum Gasteiger partial charge on any atom is 0.237 e. The summed E-state index contributed by atoms with van der Waals surface area (Å²) in [6, 6.07) is 0.527. The molecule has 1 atom stereocenters. The lowest BCUT2D eigenvalue weighted by Gasteiger charge is -2.13. The summed E-state index contributed by atoms with van der Waals surface area (Å²) in [7, 11) is 1.68. The van der Waals surface area contributed by atoms with Crippen molar-refractivity contribution in [3.8, 4) is 5.88 Å². The van der Waals surface area contributed by atoms with Crippen molar-refractivity contribution in [1.29, 1.82) is 0 Å². The third-order valence-electron chi connectivity index (χ3n) is 3.13. The zero-order chi connectivity index (χ0) is 13.0. The Hall–Kier alpha value is -1.07. The standard InChI is InChI=1S/C13H21N3OS/c1-4-5-6-10(2)14-9-11-12(17-3)15-13-16(11)7-8-18-13/h7-8,10,14H,4-6,9H2,1-3H3. The van der Waals surface area contributed by atoms with Crippen LogP contribution in [0.15, 0.2) is 11.6 Å². The highest BCUT2D eigenvalue weighted by atomic mass is 32.1. The van der Waals surface area contributed by atoms with Gasteiger partial charge >= 0.3 is 0 Å². The van der Waals surface area contributed by atoms with Gasteiger partial charge in [-0.25, -0.2) is 0 Å². The first kappa shape index (κ1) is 13.4. The normalized spacial score (nSPS) is 13.1. The van der Waals surface area contributed by atoms with Crippen molar-refractivity contribution in [2.24, 2.45) is 0 Å². The van der Waals surface area contributed by atoms with Gasteiger partial charge in [-0.3, -0.25) is 4.40 Å². The number of hydrogen-bond acceptors (Lipinski definition) is 4. The summed E-state index contributed by atoms with van der Waals surface area (Å²) in [6.45, 7) is 5.25. The Morgan fingerprint density at radius 2 is 2.39 bits per heavy atom. The summed E-state index contributed by atoms with van der Waals surface area (Å²) in [5.74, 6) is 0.733. The van der Waals surface area contributed by atoms with Gasteiger partial charge in [0.05, 0.1) is 7.11 Å². The van der Waals surface area contributed by atoms with E-state index in [0.29, 0.717) is 6.04 Å². The molecular formula is C13H21N3OS. The van der Waals surface area contributed by atoms with Gasteiger partial charge in [0.25, 0.3) is 0 Å². The number of thiazole rings is 1. The fourth-order valence-electron chi connectivity index (χ4n) is 2.02. The largest absolute Gasteiger partial charge is 0.480 e. The van der Waals surface area contributed by atoms with E-state index in [2.05, 4.69) is 28.5 Å². The van der Waals surface area contributed by atoms with E-state index in [9.17, 15) is 0 Å². The molecule has 0 spiro atoms. The van der Waals surface area contributed by atoms with Gasteiger partial charge in [0.2, 0.25) is 5.88 Å². The van der Waals surface area contributed by atoms with Gasteiger partial charge in [0.1, 0.15) is 5.69 Å². The number of aromatic nitrogens is 2. The molecule has 2 rings (SSSR count). The van der Waals surface area contributed by atoms with Crippen molar-refractivity contribution in [2.75, 3.05) is 7.11 Å². The van der Waals surface area contributed by atoms with E-state index in [0.717, 1.165) is 23.1 Å². The molecule has 100 valence electrons. The molecule has 1 unspecified atom stereocenters. The molecule has 0 aliphatic carbocycles. The molecule has 0 radical (unpaired) electrons. The molecule has 0 saturated heterocycles. The molecule has 2 aromatic rings. The van der Waals surface area contributed by atoms with Crippen LogP contribution in [-0.4, -0.2) is 22.5 Å². The summed E-state index contributed by atoms with van der Waals surface area (Å²) < 4.78 is 7.44. The predicted molar refractivity (Wildman–Crippen MR) is 75.4 cm³/mol. The number of nitrogens with one attached hydrogen (secondary N) is 1. The average molecular weight is 267 g/mol. The molecule has 0 saturated carbocycles. The molecule has 2 heterocycles. The van der Waals surface area contributed by atoms with E-state index in [-0.39, 0.29) is 0 Å². The SMILES string of the molecule is CCCCC(C)NCc1c(OC)nc2sccn12. The van der Waals surface area contributed by atoms with Crippen molar-refractivity contribution >= 4 is 16.3 Å². The first-order valence-electron chi connectivity index (χ1n) is 6.48. The molecule has 2 aromatic heterocycles. The van der Waals surface area contributed by atoms with Crippen LogP contribution in [0.3, 0.4) is 0 Å². The zero-order valence-corrected chi connectivity index (χ0v) is 12.1. The predicted octanol–water partition coefficient (Wildman–Crippen LogP) is 3.07. The van der Waals surface area contributed by atoms with Crippen LogP contribution in [0, 0.1) is 0 Å². The monoisotopic (exact) mass is 267 g/mol. The third kappa shape index (κ3) is 2.84. The Labute approximate surface area is 112 Å². The fraction of sp³-hybridized carbons (Fsp3) is 0.615. The van der Waals surface area contributed by atoms with Crippen LogP contribution < -0.4 is 10.1 Å². The first-order chi connectivity index (χ1) is 8.76. The van der Waals surface area contributed by atoms with Crippen molar-refractivity contribution in [1.82, 2.24) is 14.7 Å². The molecule has 0 bridgehead atoms. The topological polar surface area (TPSA) is 38.6 Å². The number of unbranched alkanes of at least 4 members (excludes halogenated alkanes) is 1. The number of hydrogen-bond donors (Lipinski definition) is 1. The van der Waals surface area contributed by atoms with Crippen molar-refractivity contribution in [2.45, 2.75) is 45.7 Å². The van der Waals surface area contributed by atoms with Crippen LogP contribution in [0.1, 0.15) is 38.8 Å². The average Bonchev–Trinajstić information content (AvgIpc) is 2.94. The number of fused-ring (bicyclic) bond motifs is 1. The lowest BCUT2D eigenvalue weighted by molar-refractivity contribution is 0.389. The molecule has 1 N–H and O–H groups in total. The summed E-state index contributed by atoms with van der Waals surface area (Å²) in [6.07, 6.45) is 5.77. The smallest absolute Gasteiger partial charge is 0.237 e. The van der Waals surface area contributed by atoms with Gasteiger partial charge < -0.3 is 10.1 Å². The molecule has 0 aromatic carbocycles. The number of imidazole rings is 1. The minimum absolute atomic E-state index is 0.527. The van der Waals surface area contributed by atoms with Crippen LogP contribution in [0.4, 0.5) is 0 Å². The van der Waals surface area contributed by atoms with Gasteiger partial charge in [0, 0.05) is 24.2 Å². The molecule has 4 nitrogen and oxygen atoms in total. The highest BCUT2D eigenvalue weighted by Crippen LogP contribution is 2.23. The maximum absolute atomic E-state index is 5.34. The van der Waals surface area contributed by atoms with Gasteiger partial charge in [-0.2, -0.15) is 4.98 Å². The fourth-order valence-corrected chi connectivity index (χ4v) is 2.74. The van der Waals surface area contributed by atoms with E-state index in [1.807, 2.05) is 11.6 Å². The summed E-state index contributed by atoms with van der Waals surface area (Å²) in [4.78, 5) is 5.44. The van der Waals surface area contributed by atoms with Gasteiger partial charge in [-0.05, 0) is 13.3 Å². The molecular weight excluding hydrogens is 246 g/mol. The number of methoxy groups -OCH3 is 1. The Morgan fingerprint density at radius 3 is 3.11 bits per heavy atom. The van der Waals surface area contributed by atoms with E-state index in [4.69, 9.17) is 4.74 Å². The number of ether oxygens (including phenoxy) is 1. The van der Waals surface area contributed by atoms with Crippen LogP contribution in [0.5, 0.6) is 5.88 Å². The highest BCUT2D eigenvalue weighted by Gasteiger charge is 2.14. The van der Waals surface area contributed by atoms with E-state index < -0.39 is 0 Å². The number of rotatable bonds is 7. The van der Waals surface area contributed by atoms with Crippen LogP contribution in [0.25, 0.3) is 4.96 Å². The second-order valence-electron chi connectivity index (χ2n) is 4.55. The first-order valence-corrected chi connectivity index (χ1v) is 7.36. The van der Waals surface area contributed by atoms with E-state index in [1.165, 1.54) is 19.3 Å². The summed E-state index contributed by atoms with van der Waals surface area (Å²) in [5, 5.41) is 5.59. The Kier molecular flexibility index (Phi) is 4.60. The lowest BCUT2D eigenvalue weighted by atomic mass is 10.1. The lowest BCUT2D eigenvalue weighted by Crippen LogP contribution is -2.26. The van der Waals surface area contributed by atoms with Crippen LogP contribution in [0.2, 0.25) is 0 Å². The maximum atomic E-state index is 5.34. The van der Waals surface area contributed by atoms with Crippen LogP contribution in [-0.2, 0) is 6.54 Å². The van der Waals surface area contributed by atoms with Gasteiger partial charge in [-0.15, -0.1) is 11.3 Å². The molecule has 18 heavy (non-hydrogen) atoms. The quantitative estimate of drug-likeness (QED) is 0.838. The molecule has 0 aliphatic rings. The van der Waals surface area contributed by atoms with E-state index in [1.54, 1.807) is 18.4 Å². The van der Waals surface area contributed by atoms with Crippen molar-refractivity contribution in [3.63, 3.8) is 0 Å². The van der Waals surface area contributed by atoms with Crippen molar-refractivity contribution in [3.05, 3.63) is 17.3 Å². The van der Waals surface area contributed by atoms with Crippen LogP contribution >= 0.6 is 11.3 Å². The Bertz CT molecular complexity index is 491. The molecule has 0 fully saturated rings. The Balaban J connectivity index is 2.03. The van der Waals surface area contributed by atoms with E-state index >= 15 is 0 Å². The molecule has 5 heteroatoms. The van der Waals surface area contributed by atoms with Gasteiger partial charge in [-0.1, -0.05) is 19.8 Å². The second-order valence-corrected chi connectivity index (χ2v) is 5.42. The summed E-state index contributed by atoms with van der Waals surface area (Å²) in [5.41, 5.74) is 1.11. The second kappa shape index (κ2) is 6.20. The van der Waals surface area contributed by atoms with Crippen molar-refractivity contribution < 1.29 is 4.74 Å². The number of nitrogens with zero attached hydrogens (tertiary/aromatic N) is 2. The minimum atomic E-state index is 0.527. The third-order valence-corrected chi connectivity index (χ3v) is 3.88. The Morgan fingerprint density at radius 1 is 1.56 bits per heavy atom. The summed E-state index contributed by atoms with van der Waals surface area (Å²) >= 11 is 1.63. The molecule has 0 amide bonds.